The van der Waals surface area contributed by atoms with Crippen molar-refractivity contribution in [1.82, 2.24) is 9.62 Å². The van der Waals surface area contributed by atoms with Gasteiger partial charge in [-0.1, -0.05) is 44.0 Å². The first kappa shape index (κ1) is 23.8. The summed E-state index contributed by atoms with van der Waals surface area (Å²) >= 11 is 0. The Balaban J connectivity index is 1.61. The lowest BCUT2D eigenvalue weighted by atomic mass is 9.87. The molecule has 7 heteroatoms. The molecule has 0 heterocycles. The van der Waals surface area contributed by atoms with Gasteiger partial charge >= 0.3 is 0 Å². The number of fused-ring (bicyclic) bond motifs is 1. The first-order valence-corrected chi connectivity index (χ1v) is 13.5. The molecule has 1 atom stereocenters. The molecule has 4 rings (SSSR count). The average molecular weight is 471 g/mol. The monoisotopic (exact) mass is 470 g/mol. The van der Waals surface area contributed by atoms with Crippen LogP contribution in [0.1, 0.15) is 66.9 Å². The molecule has 6 nitrogen and oxygen atoms in total. The summed E-state index contributed by atoms with van der Waals surface area (Å²) in [6.07, 6.45) is 7.26. The summed E-state index contributed by atoms with van der Waals surface area (Å²) in [5, 5.41) is 0. The molecule has 178 valence electrons. The highest BCUT2D eigenvalue weighted by Gasteiger charge is 2.30. The highest BCUT2D eigenvalue weighted by atomic mass is 32.2. The van der Waals surface area contributed by atoms with Crippen molar-refractivity contribution in [3.05, 3.63) is 59.2 Å². The van der Waals surface area contributed by atoms with Gasteiger partial charge in [-0.3, -0.25) is 4.79 Å². The molecule has 1 amide bonds. The van der Waals surface area contributed by atoms with Crippen LogP contribution in [0.25, 0.3) is 0 Å². The minimum atomic E-state index is -3.79. The number of sulfonamides is 1. The maximum absolute atomic E-state index is 13.6. The summed E-state index contributed by atoms with van der Waals surface area (Å²) in [5.74, 6) is 0.131. The Morgan fingerprint density at radius 2 is 1.82 bits per heavy atom. The molecule has 0 radical (unpaired) electrons. The van der Waals surface area contributed by atoms with E-state index in [1.165, 1.54) is 24.3 Å². The van der Waals surface area contributed by atoms with Gasteiger partial charge in [-0.05, 0) is 67.9 Å². The molecule has 1 fully saturated rings. The van der Waals surface area contributed by atoms with Crippen LogP contribution < -0.4 is 9.46 Å². The number of rotatable bonds is 8. The number of nitrogens with one attached hydrogen (secondary N) is 1. The summed E-state index contributed by atoms with van der Waals surface area (Å²) in [5.41, 5.74) is 3.03. The molecule has 1 saturated carbocycles. The number of methoxy groups -OCH3 is 1. The van der Waals surface area contributed by atoms with Gasteiger partial charge in [0.05, 0.1) is 7.11 Å². The van der Waals surface area contributed by atoms with Crippen LogP contribution in [0, 0.1) is 0 Å². The third-order valence-corrected chi connectivity index (χ3v) is 8.41. The fourth-order valence-corrected chi connectivity index (χ4v) is 6.65. The number of nitrogens with zero attached hydrogens (tertiary/aromatic N) is 1. The number of carbonyl (C=O) groups is 1. The molecule has 0 spiro atoms. The second kappa shape index (κ2) is 10.3. The van der Waals surface area contributed by atoms with Crippen molar-refractivity contribution in [1.29, 1.82) is 0 Å². The van der Waals surface area contributed by atoms with E-state index in [-0.39, 0.29) is 28.6 Å². The van der Waals surface area contributed by atoms with Gasteiger partial charge in [-0.2, -0.15) is 0 Å². The fourth-order valence-electron chi connectivity index (χ4n) is 5.15. The van der Waals surface area contributed by atoms with Crippen molar-refractivity contribution in [3.63, 3.8) is 0 Å². The first-order chi connectivity index (χ1) is 15.9. The maximum atomic E-state index is 13.6. The van der Waals surface area contributed by atoms with E-state index in [1.807, 2.05) is 11.0 Å². The minimum absolute atomic E-state index is 0.0354. The Hall–Kier alpha value is -2.38. The molecule has 1 unspecified atom stereocenters. The van der Waals surface area contributed by atoms with Gasteiger partial charge in [0, 0.05) is 24.2 Å². The highest BCUT2D eigenvalue weighted by molar-refractivity contribution is 7.89. The molecule has 0 saturated heterocycles. The maximum Gasteiger partial charge on any atom is 0.254 e. The van der Waals surface area contributed by atoms with Crippen molar-refractivity contribution in [2.24, 2.45) is 0 Å². The number of ether oxygens (including phenoxy) is 1. The smallest absolute Gasteiger partial charge is 0.254 e. The average Bonchev–Trinajstić information content (AvgIpc) is 3.33. The van der Waals surface area contributed by atoms with E-state index in [4.69, 9.17) is 4.74 Å². The summed E-state index contributed by atoms with van der Waals surface area (Å²) in [6.45, 7) is 2.70. The lowest BCUT2D eigenvalue weighted by molar-refractivity contribution is 0.0661. The zero-order valence-electron chi connectivity index (χ0n) is 19.5. The Bertz CT molecular complexity index is 1090. The number of aryl methyl sites for hydroxylation is 1. The van der Waals surface area contributed by atoms with Gasteiger partial charge in [-0.15, -0.1) is 0 Å². The predicted octanol–water partition coefficient (Wildman–Crippen LogP) is 4.33. The third kappa shape index (κ3) is 5.25. The molecule has 0 bridgehead atoms. The van der Waals surface area contributed by atoms with E-state index in [2.05, 4.69) is 29.8 Å². The van der Waals surface area contributed by atoms with Crippen molar-refractivity contribution in [3.8, 4) is 5.75 Å². The number of carbonyl (C=O) groups excluding carboxylic acids is 1. The fraction of sp³-hybridized carbons (Fsp3) is 0.500. The normalized spacial score (nSPS) is 18.7. The molecule has 2 aliphatic rings. The summed E-state index contributed by atoms with van der Waals surface area (Å²) < 4.78 is 34.5. The van der Waals surface area contributed by atoms with Crippen LogP contribution in [0.5, 0.6) is 5.75 Å². The molecular formula is C26H34N2O4S. The van der Waals surface area contributed by atoms with E-state index in [0.717, 1.165) is 51.4 Å². The van der Waals surface area contributed by atoms with Crippen molar-refractivity contribution < 1.29 is 17.9 Å². The van der Waals surface area contributed by atoms with E-state index in [9.17, 15) is 13.2 Å². The van der Waals surface area contributed by atoms with Crippen molar-refractivity contribution >= 4 is 15.9 Å². The van der Waals surface area contributed by atoms with Crippen LogP contribution in [-0.2, 0) is 22.9 Å². The largest absolute Gasteiger partial charge is 0.495 e. The molecular weight excluding hydrogens is 436 g/mol. The van der Waals surface area contributed by atoms with Gasteiger partial charge in [0.15, 0.2) is 0 Å². The number of hydrogen-bond acceptors (Lipinski definition) is 4. The summed E-state index contributed by atoms with van der Waals surface area (Å²) in [6, 6.07) is 13.2. The third-order valence-electron chi connectivity index (χ3n) is 6.86. The predicted molar refractivity (Wildman–Crippen MR) is 129 cm³/mol. The van der Waals surface area contributed by atoms with Crippen LogP contribution >= 0.6 is 0 Å². The zero-order valence-corrected chi connectivity index (χ0v) is 20.4. The first-order valence-electron chi connectivity index (χ1n) is 12.0. The van der Waals surface area contributed by atoms with Crippen molar-refractivity contribution in [2.75, 3.05) is 13.7 Å². The Morgan fingerprint density at radius 3 is 2.52 bits per heavy atom. The second-order valence-corrected chi connectivity index (χ2v) is 10.8. The molecule has 1 N–H and O–H groups in total. The number of benzene rings is 2. The Kier molecular flexibility index (Phi) is 7.39. The van der Waals surface area contributed by atoms with Crippen molar-refractivity contribution in [2.45, 2.75) is 75.3 Å². The molecule has 2 aromatic rings. The van der Waals surface area contributed by atoms with Gasteiger partial charge in [0.1, 0.15) is 10.6 Å². The quantitative estimate of drug-likeness (QED) is 0.623. The lowest BCUT2D eigenvalue weighted by Crippen LogP contribution is -2.44. The standard InChI is InChI=1S/C26H34N2O4S/c1-3-16-28(23-14-12-19-8-4-5-9-20(19)17-23)26(29)21-13-15-24(32-2)25(18-21)33(30,31)27-22-10-6-7-11-22/h4-5,8-9,13,15,18,22-23,27H,3,6-7,10-12,14,16-17H2,1-2H3. The zero-order chi connectivity index (χ0) is 23.4. The Morgan fingerprint density at radius 1 is 1.09 bits per heavy atom. The summed E-state index contributed by atoms with van der Waals surface area (Å²) in [7, 11) is -2.34. The van der Waals surface area contributed by atoms with Crippen LogP contribution in [0.3, 0.4) is 0 Å². The molecule has 2 aliphatic carbocycles. The second-order valence-electron chi connectivity index (χ2n) is 9.13. The van der Waals surface area contributed by atoms with Crippen LogP contribution in [0.15, 0.2) is 47.4 Å². The summed E-state index contributed by atoms with van der Waals surface area (Å²) in [4.78, 5) is 15.6. The van der Waals surface area contributed by atoms with E-state index in [1.54, 1.807) is 12.1 Å². The highest BCUT2D eigenvalue weighted by Crippen LogP contribution is 2.30. The molecule has 0 aliphatic heterocycles. The van der Waals surface area contributed by atoms with Crippen LogP contribution in [-0.4, -0.2) is 45.0 Å². The van der Waals surface area contributed by atoms with E-state index < -0.39 is 10.0 Å². The topological polar surface area (TPSA) is 75.7 Å². The Labute approximate surface area is 197 Å². The van der Waals surface area contributed by atoms with Crippen LogP contribution in [0.4, 0.5) is 0 Å². The van der Waals surface area contributed by atoms with E-state index in [0.29, 0.717) is 12.1 Å². The van der Waals surface area contributed by atoms with Gasteiger partial charge in [0.2, 0.25) is 10.0 Å². The van der Waals surface area contributed by atoms with Gasteiger partial charge < -0.3 is 9.64 Å². The molecule has 0 aromatic heterocycles. The minimum Gasteiger partial charge on any atom is -0.495 e. The molecule has 2 aromatic carbocycles. The van der Waals surface area contributed by atoms with Gasteiger partial charge in [0.25, 0.3) is 5.91 Å². The lowest BCUT2D eigenvalue weighted by Gasteiger charge is -2.35. The number of amides is 1. The van der Waals surface area contributed by atoms with Gasteiger partial charge in [-0.25, -0.2) is 13.1 Å². The molecule has 33 heavy (non-hydrogen) atoms. The van der Waals surface area contributed by atoms with Crippen LogP contribution in [0.2, 0.25) is 0 Å². The van der Waals surface area contributed by atoms with E-state index >= 15 is 0 Å². The number of hydrogen-bond donors (Lipinski definition) is 1. The SMILES string of the molecule is CCCN(C(=O)c1ccc(OC)c(S(=O)(=O)NC2CCCC2)c1)C1CCc2ccccc2C1.